The third-order valence-corrected chi connectivity index (χ3v) is 4.10. The van der Waals surface area contributed by atoms with Crippen LogP contribution in [0, 0.1) is 5.82 Å². The number of aromatic nitrogens is 2. The minimum Gasteiger partial charge on any atom is -0.493 e. The summed E-state index contributed by atoms with van der Waals surface area (Å²) in [5, 5.41) is 14.9. The lowest BCUT2D eigenvalue weighted by atomic mass is 10.2. The molecule has 150 valence electrons. The van der Waals surface area contributed by atoms with Crippen molar-refractivity contribution in [3.8, 4) is 11.5 Å². The Bertz CT molecular complexity index is 1050. The molecule has 11 heteroatoms. The standard InChI is InChI=1S/C18H16ClFN6O3/c1-27-15-7-10(8-23-24-17(21)16-18(22)26-29-25-16)5-6-14(15)28-9-11-12(19)3-2-4-13(11)20/h2-8H,9H2,1H3,(H2,21,24)(H2,22,26)/b23-8+. The summed E-state index contributed by atoms with van der Waals surface area (Å²) in [5.74, 6) is 0.351. The highest BCUT2D eigenvalue weighted by molar-refractivity contribution is 6.31. The number of halogens is 2. The maximum atomic E-state index is 13.9. The van der Waals surface area contributed by atoms with Crippen LogP contribution in [0.1, 0.15) is 16.8 Å². The second kappa shape index (κ2) is 9.02. The van der Waals surface area contributed by atoms with E-state index in [2.05, 4.69) is 25.1 Å². The molecule has 4 N–H and O–H groups in total. The van der Waals surface area contributed by atoms with Gasteiger partial charge in [0.2, 0.25) is 0 Å². The van der Waals surface area contributed by atoms with E-state index in [1.165, 1.54) is 25.5 Å². The molecular formula is C18H16ClFN6O3. The Morgan fingerprint density at radius 2 is 2.10 bits per heavy atom. The van der Waals surface area contributed by atoms with Crippen molar-refractivity contribution in [2.75, 3.05) is 12.8 Å². The number of nitrogen functional groups attached to an aromatic ring is 1. The fourth-order valence-electron chi connectivity index (χ4n) is 2.28. The molecule has 9 nitrogen and oxygen atoms in total. The van der Waals surface area contributed by atoms with E-state index in [0.717, 1.165) is 0 Å². The van der Waals surface area contributed by atoms with Crippen LogP contribution in [-0.2, 0) is 6.61 Å². The van der Waals surface area contributed by atoms with E-state index in [9.17, 15) is 4.39 Å². The quantitative estimate of drug-likeness (QED) is 0.342. The molecule has 0 fully saturated rings. The first-order valence-electron chi connectivity index (χ1n) is 8.18. The number of anilines is 1. The van der Waals surface area contributed by atoms with Gasteiger partial charge in [0.25, 0.3) is 0 Å². The monoisotopic (exact) mass is 418 g/mol. The molecule has 1 aromatic heterocycles. The summed E-state index contributed by atoms with van der Waals surface area (Å²) in [4.78, 5) is 0. The van der Waals surface area contributed by atoms with E-state index in [4.69, 9.17) is 32.5 Å². The summed E-state index contributed by atoms with van der Waals surface area (Å²) in [6.45, 7) is -0.0523. The zero-order chi connectivity index (χ0) is 20.8. The zero-order valence-corrected chi connectivity index (χ0v) is 15.9. The van der Waals surface area contributed by atoms with Gasteiger partial charge < -0.3 is 20.9 Å². The molecular weight excluding hydrogens is 403 g/mol. The van der Waals surface area contributed by atoms with E-state index >= 15 is 0 Å². The summed E-state index contributed by atoms with van der Waals surface area (Å²) >= 11 is 6.01. The summed E-state index contributed by atoms with van der Waals surface area (Å²) in [5.41, 5.74) is 12.3. The molecule has 0 aliphatic heterocycles. The van der Waals surface area contributed by atoms with E-state index < -0.39 is 5.82 Å². The molecule has 0 saturated heterocycles. The molecule has 1 heterocycles. The van der Waals surface area contributed by atoms with Gasteiger partial charge in [-0.25, -0.2) is 9.02 Å². The molecule has 2 aromatic carbocycles. The maximum absolute atomic E-state index is 13.9. The van der Waals surface area contributed by atoms with Gasteiger partial charge >= 0.3 is 0 Å². The van der Waals surface area contributed by atoms with Crippen LogP contribution in [-0.4, -0.2) is 29.5 Å². The number of nitrogens with zero attached hydrogens (tertiary/aromatic N) is 4. The number of benzene rings is 2. The van der Waals surface area contributed by atoms with Gasteiger partial charge in [0.1, 0.15) is 12.4 Å². The molecule has 0 aliphatic rings. The van der Waals surface area contributed by atoms with Crippen LogP contribution in [0.15, 0.2) is 51.2 Å². The van der Waals surface area contributed by atoms with Gasteiger partial charge in [-0.2, -0.15) is 5.10 Å². The molecule has 0 saturated carbocycles. The Kier molecular flexibility index (Phi) is 6.25. The van der Waals surface area contributed by atoms with Crippen molar-refractivity contribution in [3.05, 3.63) is 64.1 Å². The zero-order valence-electron chi connectivity index (χ0n) is 15.2. The summed E-state index contributed by atoms with van der Waals surface area (Å²) in [7, 11) is 1.48. The van der Waals surface area contributed by atoms with Gasteiger partial charge in [0.15, 0.2) is 28.8 Å². The number of rotatable bonds is 7. The minimum absolute atomic E-state index is 0.0135. The van der Waals surface area contributed by atoms with Crippen molar-refractivity contribution >= 4 is 29.5 Å². The second-order valence-electron chi connectivity index (χ2n) is 5.63. The van der Waals surface area contributed by atoms with Gasteiger partial charge in [-0.3, -0.25) is 0 Å². The van der Waals surface area contributed by atoms with Crippen LogP contribution in [0.25, 0.3) is 0 Å². The van der Waals surface area contributed by atoms with Gasteiger partial charge in [0, 0.05) is 5.56 Å². The van der Waals surface area contributed by atoms with Crippen molar-refractivity contribution in [2.45, 2.75) is 6.61 Å². The third-order valence-electron chi connectivity index (χ3n) is 3.75. The number of hydrogen-bond acceptors (Lipinski definition) is 8. The van der Waals surface area contributed by atoms with Crippen molar-refractivity contribution in [2.24, 2.45) is 15.9 Å². The first kappa shape index (κ1) is 20.1. The van der Waals surface area contributed by atoms with Gasteiger partial charge in [-0.1, -0.05) is 17.7 Å². The lowest BCUT2D eigenvalue weighted by Crippen LogP contribution is -2.15. The molecule has 0 unspecified atom stereocenters. The smallest absolute Gasteiger partial charge is 0.199 e. The van der Waals surface area contributed by atoms with E-state index in [-0.39, 0.29) is 34.5 Å². The SMILES string of the molecule is COc1cc(/C=N/N=C(\N)c2nonc2N)ccc1OCc1c(F)cccc1Cl. The molecule has 0 atom stereocenters. The average Bonchev–Trinajstić information content (AvgIpc) is 3.14. The second-order valence-corrected chi connectivity index (χ2v) is 6.03. The highest BCUT2D eigenvalue weighted by Crippen LogP contribution is 2.29. The predicted octanol–water partition coefficient (Wildman–Crippen LogP) is 2.77. The van der Waals surface area contributed by atoms with E-state index in [0.29, 0.717) is 17.1 Å². The van der Waals surface area contributed by atoms with Crippen LogP contribution >= 0.6 is 11.6 Å². The Labute approximate surface area is 169 Å². The van der Waals surface area contributed by atoms with Crippen molar-refractivity contribution in [1.29, 1.82) is 0 Å². The van der Waals surface area contributed by atoms with Crippen molar-refractivity contribution in [3.63, 3.8) is 0 Å². The average molecular weight is 419 g/mol. The molecule has 0 aliphatic carbocycles. The Morgan fingerprint density at radius 1 is 1.28 bits per heavy atom. The normalized spacial score (nSPS) is 11.8. The van der Waals surface area contributed by atoms with Crippen LogP contribution in [0.3, 0.4) is 0 Å². The largest absolute Gasteiger partial charge is 0.493 e. The fourth-order valence-corrected chi connectivity index (χ4v) is 2.50. The first-order chi connectivity index (χ1) is 14.0. The Hall–Kier alpha value is -3.66. The molecule has 0 bridgehead atoms. The van der Waals surface area contributed by atoms with E-state index in [1.54, 1.807) is 24.3 Å². The topological polar surface area (TPSA) is 134 Å². The van der Waals surface area contributed by atoms with Gasteiger partial charge in [-0.05, 0) is 46.2 Å². The first-order valence-corrected chi connectivity index (χ1v) is 8.56. The fraction of sp³-hybridized carbons (Fsp3) is 0.111. The third kappa shape index (κ3) is 4.79. The van der Waals surface area contributed by atoms with Crippen molar-refractivity contribution in [1.82, 2.24) is 10.3 Å². The molecule has 0 radical (unpaired) electrons. The lowest BCUT2D eigenvalue weighted by Gasteiger charge is -2.12. The maximum Gasteiger partial charge on any atom is 0.199 e. The van der Waals surface area contributed by atoms with Crippen molar-refractivity contribution < 1.29 is 18.5 Å². The Balaban J connectivity index is 1.72. The highest BCUT2D eigenvalue weighted by Gasteiger charge is 2.11. The number of hydrogen-bond donors (Lipinski definition) is 2. The number of methoxy groups -OCH3 is 1. The summed E-state index contributed by atoms with van der Waals surface area (Å²) in [6, 6.07) is 9.47. The van der Waals surface area contributed by atoms with Gasteiger partial charge in [-0.15, -0.1) is 5.10 Å². The molecule has 3 aromatic rings. The summed E-state index contributed by atoms with van der Waals surface area (Å²) in [6.07, 6.45) is 1.44. The highest BCUT2D eigenvalue weighted by atomic mass is 35.5. The van der Waals surface area contributed by atoms with Crippen LogP contribution in [0.2, 0.25) is 5.02 Å². The predicted molar refractivity (Wildman–Crippen MR) is 106 cm³/mol. The lowest BCUT2D eigenvalue weighted by molar-refractivity contribution is 0.280. The van der Waals surface area contributed by atoms with Crippen LogP contribution in [0.4, 0.5) is 10.2 Å². The van der Waals surface area contributed by atoms with Gasteiger partial charge in [0.05, 0.1) is 18.3 Å². The number of ether oxygens (including phenoxy) is 2. The summed E-state index contributed by atoms with van der Waals surface area (Å²) < 4.78 is 29.3. The molecule has 0 amide bonds. The Morgan fingerprint density at radius 3 is 2.79 bits per heavy atom. The molecule has 0 spiro atoms. The molecule has 3 rings (SSSR count). The van der Waals surface area contributed by atoms with Crippen LogP contribution < -0.4 is 20.9 Å². The van der Waals surface area contributed by atoms with Crippen LogP contribution in [0.5, 0.6) is 11.5 Å². The number of amidine groups is 1. The minimum atomic E-state index is -0.446. The number of nitrogens with two attached hydrogens (primary N) is 2. The van der Waals surface area contributed by atoms with E-state index in [1.807, 2.05) is 0 Å². The molecule has 29 heavy (non-hydrogen) atoms.